The Morgan fingerprint density at radius 3 is 2.47 bits per heavy atom. The van der Waals surface area contributed by atoms with E-state index < -0.39 is 0 Å². The van der Waals surface area contributed by atoms with Gasteiger partial charge in [0.15, 0.2) is 0 Å². The molecule has 2 aromatic carbocycles. The third kappa shape index (κ3) is 2.05. The van der Waals surface area contributed by atoms with Crippen LogP contribution in [0.3, 0.4) is 0 Å². The molecule has 0 bridgehead atoms. The number of hydrogen-bond acceptors (Lipinski definition) is 1. The molecule has 0 atom stereocenters. The highest BCUT2D eigenvalue weighted by Gasteiger charge is 2.19. The second-order valence-corrected chi connectivity index (χ2v) is 5.39. The van der Waals surface area contributed by atoms with Crippen LogP contribution in [0.15, 0.2) is 36.9 Å². The Morgan fingerprint density at radius 2 is 1.88 bits per heavy atom. The zero-order valence-corrected chi connectivity index (χ0v) is 10.6. The second-order valence-electron chi connectivity index (χ2n) is 5.39. The molecule has 0 spiro atoms. The summed E-state index contributed by atoms with van der Waals surface area (Å²) >= 11 is 0. The van der Waals surface area contributed by atoms with Crippen LogP contribution in [0.25, 0.3) is 16.8 Å². The predicted octanol–water partition coefficient (Wildman–Crippen LogP) is 4.49. The summed E-state index contributed by atoms with van der Waals surface area (Å²) in [5.74, 6) is 0.323. The number of hydrogen-bond donors (Lipinski definition) is 1. The normalized spacial score (nSPS) is 11.7. The van der Waals surface area contributed by atoms with Crippen molar-refractivity contribution in [3.63, 3.8) is 0 Å². The Morgan fingerprint density at radius 1 is 1.18 bits per heavy atom. The highest BCUT2D eigenvalue weighted by molar-refractivity contribution is 5.94. The molecule has 0 amide bonds. The number of benzene rings is 2. The Balaban J connectivity index is 2.94. The largest absolute Gasteiger partial charge is 0.508 e. The van der Waals surface area contributed by atoms with Gasteiger partial charge in [0.1, 0.15) is 5.75 Å². The van der Waals surface area contributed by atoms with E-state index in [1.54, 1.807) is 6.07 Å². The average Bonchev–Trinajstić information content (AvgIpc) is 2.25. The molecule has 1 N–H and O–H groups in total. The Hall–Kier alpha value is -1.76. The van der Waals surface area contributed by atoms with Crippen molar-refractivity contribution in [1.29, 1.82) is 0 Å². The molecule has 0 aromatic heterocycles. The number of phenolic OH excluding ortho intramolecular Hbond substituents is 1. The van der Waals surface area contributed by atoms with Crippen LogP contribution in [0.4, 0.5) is 0 Å². The van der Waals surface area contributed by atoms with Crippen molar-refractivity contribution in [2.45, 2.75) is 26.2 Å². The highest BCUT2D eigenvalue weighted by Crippen LogP contribution is 2.35. The first-order valence-corrected chi connectivity index (χ1v) is 5.82. The maximum atomic E-state index is 9.81. The fraction of sp³-hybridized carbons (Fsp3) is 0.250. The molecule has 1 nitrogen and oxygen atoms in total. The van der Waals surface area contributed by atoms with Crippen molar-refractivity contribution in [2.24, 2.45) is 0 Å². The highest BCUT2D eigenvalue weighted by atomic mass is 16.3. The molecular weight excluding hydrogens is 208 g/mol. The summed E-state index contributed by atoms with van der Waals surface area (Å²) in [4.78, 5) is 0. The minimum absolute atomic E-state index is 0.00387. The molecule has 2 rings (SSSR count). The van der Waals surface area contributed by atoms with Gasteiger partial charge in [0.05, 0.1) is 0 Å². The third-order valence-electron chi connectivity index (χ3n) is 3.02. The molecule has 17 heavy (non-hydrogen) atoms. The van der Waals surface area contributed by atoms with Gasteiger partial charge in [0, 0.05) is 0 Å². The predicted molar refractivity (Wildman–Crippen MR) is 74.4 cm³/mol. The average molecular weight is 226 g/mol. The molecule has 0 heterocycles. The maximum absolute atomic E-state index is 9.81. The molecule has 0 fully saturated rings. The number of rotatable bonds is 1. The van der Waals surface area contributed by atoms with Crippen molar-refractivity contribution < 1.29 is 5.11 Å². The lowest BCUT2D eigenvalue weighted by molar-refractivity contribution is 0.472. The van der Waals surface area contributed by atoms with Gasteiger partial charge in [0.2, 0.25) is 0 Å². The minimum Gasteiger partial charge on any atom is -0.508 e. The summed E-state index contributed by atoms with van der Waals surface area (Å²) in [6.07, 6.45) is 1.87. The molecule has 2 aromatic rings. The zero-order chi connectivity index (χ0) is 12.6. The number of phenols is 1. The minimum atomic E-state index is -0.00387. The molecule has 0 aliphatic rings. The number of fused-ring (bicyclic) bond motifs is 1. The van der Waals surface area contributed by atoms with Gasteiger partial charge in [-0.05, 0) is 39.4 Å². The Bertz CT molecular complexity index is 574. The lowest BCUT2D eigenvalue weighted by atomic mass is 9.82. The van der Waals surface area contributed by atoms with Gasteiger partial charge in [-0.15, -0.1) is 0 Å². The van der Waals surface area contributed by atoms with E-state index in [-0.39, 0.29) is 5.41 Å². The van der Waals surface area contributed by atoms with Crippen LogP contribution in [0.5, 0.6) is 5.75 Å². The fourth-order valence-corrected chi connectivity index (χ4v) is 2.20. The van der Waals surface area contributed by atoms with Crippen molar-refractivity contribution in [2.75, 3.05) is 0 Å². The third-order valence-corrected chi connectivity index (χ3v) is 3.02. The lowest BCUT2D eigenvalue weighted by Crippen LogP contribution is -2.12. The summed E-state index contributed by atoms with van der Waals surface area (Å²) in [5.41, 5.74) is 2.27. The van der Waals surface area contributed by atoms with Crippen LogP contribution in [0, 0.1) is 0 Å². The smallest absolute Gasteiger partial charge is 0.116 e. The molecule has 0 saturated carbocycles. The van der Waals surface area contributed by atoms with E-state index in [4.69, 9.17) is 0 Å². The Kier molecular flexibility index (Phi) is 2.70. The van der Waals surface area contributed by atoms with Gasteiger partial charge >= 0.3 is 0 Å². The topological polar surface area (TPSA) is 20.2 Å². The van der Waals surface area contributed by atoms with Gasteiger partial charge < -0.3 is 5.11 Å². The quantitative estimate of drug-likeness (QED) is 0.759. The molecule has 0 unspecified atom stereocenters. The molecule has 0 aliphatic carbocycles. The van der Waals surface area contributed by atoms with Gasteiger partial charge in [-0.3, -0.25) is 0 Å². The van der Waals surface area contributed by atoms with Crippen molar-refractivity contribution in [1.82, 2.24) is 0 Å². The van der Waals surface area contributed by atoms with Gasteiger partial charge in [0.25, 0.3) is 0 Å². The van der Waals surface area contributed by atoms with Crippen molar-refractivity contribution in [3.05, 3.63) is 48.0 Å². The molecule has 0 saturated heterocycles. The first-order chi connectivity index (χ1) is 7.93. The monoisotopic (exact) mass is 226 g/mol. The van der Waals surface area contributed by atoms with E-state index in [0.29, 0.717) is 5.75 Å². The molecular formula is C16H18O. The van der Waals surface area contributed by atoms with Crippen molar-refractivity contribution in [3.8, 4) is 5.75 Å². The Labute approximate surface area is 102 Å². The van der Waals surface area contributed by atoms with E-state index in [1.807, 2.05) is 24.3 Å². The molecule has 0 radical (unpaired) electrons. The van der Waals surface area contributed by atoms with E-state index in [1.165, 1.54) is 5.39 Å². The summed E-state index contributed by atoms with van der Waals surface area (Å²) in [7, 11) is 0. The summed E-state index contributed by atoms with van der Waals surface area (Å²) in [6.45, 7) is 10.3. The summed E-state index contributed by atoms with van der Waals surface area (Å²) in [6, 6.07) is 9.73. The SMILES string of the molecule is C=Cc1cccc2cc(O)cc(C(C)(C)C)c12. The van der Waals surface area contributed by atoms with Crippen LogP contribution in [-0.2, 0) is 5.41 Å². The van der Waals surface area contributed by atoms with Crippen LogP contribution >= 0.6 is 0 Å². The second kappa shape index (κ2) is 3.92. The van der Waals surface area contributed by atoms with Crippen molar-refractivity contribution >= 4 is 16.8 Å². The van der Waals surface area contributed by atoms with Crippen LogP contribution in [0.2, 0.25) is 0 Å². The molecule has 88 valence electrons. The van der Waals surface area contributed by atoms with Crippen LogP contribution in [0.1, 0.15) is 31.9 Å². The molecule has 1 heteroatoms. The van der Waals surface area contributed by atoms with E-state index >= 15 is 0 Å². The standard InChI is InChI=1S/C16H18O/c1-5-11-7-6-8-12-9-13(17)10-14(15(11)12)16(2,3)4/h5-10,17H,1H2,2-4H3. The zero-order valence-electron chi connectivity index (χ0n) is 10.6. The van der Waals surface area contributed by atoms with E-state index in [2.05, 4.69) is 33.4 Å². The first-order valence-electron chi connectivity index (χ1n) is 5.82. The van der Waals surface area contributed by atoms with E-state index in [9.17, 15) is 5.11 Å². The van der Waals surface area contributed by atoms with Crippen LogP contribution < -0.4 is 0 Å². The maximum Gasteiger partial charge on any atom is 0.116 e. The number of aromatic hydroxyl groups is 1. The molecule has 0 aliphatic heterocycles. The summed E-state index contributed by atoms with van der Waals surface area (Å²) in [5, 5.41) is 12.1. The van der Waals surface area contributed by atoms with Gasteiger partial charge in [-0.25, -0.2) is 0 Å². The lowest BCUT2D eigenvalue weighted by Gasteiger charge is -2.23. The van der Waals surface area contributed by atoms with Gasteiger partial charge in [-0.1, -0.05) is 51.6 Å². The van der Waals surface area contributed by atoms with E-state index in [0.717, 1.165) is 16.5 Å². The summed E-state index contributed by atoms with van der Waals surface area (Å²) < 4.78 is 0. The fourth-order valence-electron chi connectivity index (χ4n) is 2.20. The van der Waals surface area contributed by atoms with Gasteiger partial charge in [-0.2, -0.15) is 0 Å². The first kappa shape index (κ1) is 11.7. The van der Waals surface area contributed by atoms with Crippen LogP contribution in [-0.4, -0.2) is 5.11 Å².